The Hall–Kier alpha value is -1.80. The van der Waals surface area contributed by atoms with E-state index in [0.29, 0.717) is 6.07 Å². The molecule has 0 fully saturated rings. The van der Waals surface area contributed by atoms with Crippen LogP contribution in [0, 0.1) is 0 Å². The second kappa shape index (κ2) is 4.60. The molecule has 0 atom stereocenters. The predicted molar refractivity (Wildman–Crippen MR) is 55.3 cm³/mol. The number of carbonyl (C=O) groups excluding carboxylic acids is 1. The van der Waals surface area contributed by atoms with Crippen LogP contribution in [0.4, 0.5) is 0 Å². The fourth-order valence-electron chi connectivity index (χ4n) is 1.21. The van der Waals surface area contributed by atoms with E-state index in [1.54, 1.807) is 0 Å². The second-order valence-corrected chi connectivity index (χ2v) is 4.57. The molecule has 0 amide bonds. The first kappa shape index (κ1) is 13.3. The van der Waals surface area contributed by atoms with Gasteiger partial charge in [-0.25, -0.2) is 0 Å². The standard InChI is InChI=1S/C9H10O7S/c1-16-9(12)3-5-2-6(10)7(11)4-8(5)17(13,14)15/h2,4,10-11H,3H2,1H3,(H,13,14,15). The Balaban J connectivity index is 3.36. The van der Waals surface area contributed by atoms with Crippen LogP contribution in [-0.2, 0) is 26.1 Å². The molecule has 0 heterocycles. The summed E-state index contributed by atoms with van der Waals surface area (Å²) in [4.78, 5) is 10.4. The first-order valence-electron chi connectivity index (χ1n) is 4.35. The Morgan fingerprint density at radius 2 is 1.82 bits per heavy atom. The van der Waals surface area contributed by atoms with Crippen LogP contribution in [0.2, 0.25) is 0 Å². The number of carbonyl (C=O) groups is 1. The van der Waals surface area contributed by atoms with E-state index in [1.165, 1.54) is 0 Å². The average Bonchev–Trinajstić information content (AvgIpc) is 2.21. The van der Waals surface area contributed by atoms with Gasteiger partial charge in [0.25, 0.3) is 10.1 Å². The molecule has 1 aromatic carbocycles. The van der Waals surface area contributed by atoms with Crippen LogP contribution in [0.15, 0.2) is 17.0 Å². The lowest BCUT2D eigenvalue weighted by Gasteiger charge is -2.08. The van der Waals surface area contributed by atoms with E-state index in [0.717, 1.165) is 13.2 Å². The van der Waals surface area contributed by atoms with Crippen molar-refractivity contribution in [3.05, 3.63) is 17.7 Å². The van der Waals surface area contributed by atoms with Crippen LogP contribution in [0.1, 0.15) is 5.56 Å². The van der Waals surface area contributed by atoms with Crippen molar-refractivity contribution in [1.29, 1.82) is 0 Å². The van der Waals surface area contributed by atoms with Gasteiger partial charge in [-0.15, -0.1) is 0 Å². The van der Waals surface area contributed by atoms with Crippen molar-refractivity contribution in [2.24, 2.45) is 0 Å². The van der Waals surface area contributed by atoms with E-state index >= 15 is 0 Å². The summed E-state index contributed by atoms with van der Waals surface area (Å²) in [6, 6.07) is 1.53. The Bertz CT molecular complexity index is 547. The minimum atomic E-state index is -4.61. The number of hydrogen-bond donors (Lipinski definition) is 3. The SMILES string of the molecule is COC(=O)Cc1cc(O)c(O)cc1S(=O)(=O)O. The topological polar surface area (TPSA) is 121 Å². The number of ether oxygens (including phenoxy) is 1. The van der Waals surface area contributed by atoms with E-state index < -0.39 is 38.9 Å². The lowest BCUT2D eigenvalue weighted by molar-refractivity contribution is -0.139. The zero-order valence-corrected chi connectivity index (χ0v) is 9.56. The van der Waals surface area contributed by atoms with E-state index in [1.807, 2.05) is 0 Å². The normalized spacial score (nSPS) is 11.2. The quantitative estimate of drug-likeness (QED) is 0.400. The summed E-state index contributed by atoms with van der Waals surface area (Å²) >= 11 is 0. The molecule has 8 heteroatoms. The fourth-order valence-corrected chi connectivity index (χ4v) is 1.93. The molecule has 1 rings (SSSR count). The summed E-state index contributed by atoms with van der Waals surface area (Å²) in [5.41, 5.74) is -0.172. The van der Waals surface area contributed by atoms with Gasteiger partial charge in [-0.3, -0.25) is 9.35 Å². The number of aromatic hydroxyl groups is 2. The summed E-state index contributed by atoms with van der Waals surface area (Å²) in [6.45, 7) is 0. The van der Waals surface area contributed by atoms with Crippen molar-refractivity contribution in [3.63, 3.8) is 0 Å². The van der Waals surface area contributed by atoms with Crippen molar-refractivity contribution < 1.29 is 32.7 Å². The van der Waals surface area contributed by atoms with Gasteiger partial charge >= 0.3 is 5.97 Å². The highest BCUT2D eigenvalue weighted by atomic mass is 32.2. The highest BCUT2D eigenvalue weighted by molar-refractivity contribution is 7.85. The molecule has 0 aliphatic rings. The molecule has 1 aromatic rings. The van der Waals surface area contributed by atoms with Crippen LogP contribution in [-0.4, -0.2) is 36.3 Å². The molecule has 0 aliphatic carbocycles. The van der Waals surface area contributed by atoms with Crippen LogP contribution in [0.5, 0.6) is 11.5 Å². The average molecular weight is 262 g/mol. The third kappa shape index (κ3) is 3.08. The number of methoxy groups -OCH3 is 1. The minimum Gasteiger partial charge on any atom is -0.504 e. The zero-order valence-electron chi connectivity index (χ0n) is 8.74. The highest BCUT2D eigenvalue weighted by Crippen LogP contribution is 2.31. The lowest BCUT2D eigenvalue weighted by Crippen LogP contribution is -2.09. The Kier molecular flexibility index (Phi) is 3.59. The summed E-state index contributed by atoms with van der Waals surface area (Å²) in [5.74, 6) is -2.07. The first-order chi connectivity index (χ1) is 7.75. The van der Waals surface area contributed by atoms with Gasteiger partial charge in [0.2, 0.25) is 0 Å². The maximum atomic E-state index is 11.0. The monoisotopic (exact) mass is 262 g/mol. The molecular formula is C9H10O7S. The summed E-state index contributed by atoms with van der Waals surface area (Å²) in [6.07, 6.45) is -0.459. The largest absolute Gasteiger partial charge is 0.504 e. The van der Waals surface area contributed by atoms with Crippen molar-refractivity contribution in [1.82, 2.24) is 0 Å². The molecule has 17 heavy (non-hydrogen) atoms. The number of esters is 1. The molecule has 0 spiro atoms. The predicted octanol–water partition coefficient (Wildman–Crippen LogP) is 0.0600. The maximum Gasteiger partial charge on any atom is 0.310 e. The molecule has 94 valence electrons. The molecule has 0 saturated heterocycles. The third-order valence-electron chi connectivity index (χ3n) is 2.00. The number of phenols is 2. The molecule has 0 saturated carbocycles. The molecule has 0 aromatic heterocycles. The van der Waals surface area contributed by atoms with Gasteiger partial charge in [-0.05, 0) is 11.6 Å². The lowest BCUT2D eigenvalue weighted by atomic mass is 10.1. The minimum absolute atomic E-state index is 0.172. The Labute approximate surface area is 97.0 Å². The Morgan fingerprint density at radius 3 is 2.29 bits per heavy atom. The molecule has 7 nitrogen and oxygen atoms in total. The molecule has 0 radical (unpaired) electrons. The number of hydrogen-bond acceptors (Lipinski definition) is 6. The van der Waals surface area contributed by atoms with Gasteiger partial charge in [0.05, 0.1) is 13.5 Å². The van der Waals surface area contributed by atoms with Crippen molar-refractivity contribution in [3.8, 4) is 11.5 Å². The summed E-state index contributed by atoms with van der Waals surface area (Å²) < 4.78 is 35.2. The van der Waals surface area contributed by atoms with Crippen LogP contribution in [0.25, 0.3) is 0 Å². The highest BCUT2D eigenvalue weighted by Gasteiger charge is 2.20. The van der Waals surface area contributed by atoms with Crippen molar-refractivity contribution >= 4 is 16.1 Å². The third-order valence-corrected chi connectivity index (χ3v) is 2.93. The number of rotatable bonds is 3. The van der Waals surface area contributed by atoms with E-state index in [2.05, 4.69) is 4.74 Å². The van der Waals surface area contributed by atoms with Crippen molar-refractivity contribution in [2.75, 3.05) is 7.11 Å². The maximum absolute atomic E-state index is 11.0. The summed E-state index contributed by atoms with van der Waals surface area (Å²) in [5, 5.41) is 18.3. The van der Waals surface area contributed by atoms with E-state index in [9.17, 15) is 18.3 Å². The van der Waals surface area contributed by atoms with Crippen LogP contribution >= 0.6 is 0 Å². The van der Waals surface area contributed by atoms with Gasteiger partial charge in [0, 0.05) is 6.07 Å². The summed E-state index contributed by atoms with van der Waals surface area (Å²) in [7, 11) is -3.50. The van der Waals surface area contributed by atoms with E-state index in [-0.39, 0.29) is 5.56 Å². The second-order valence-electron chi connectivity index (χ2n) is 3.18. The molecule has 0 aliphatic heterocycles. The van der Waals surface area contributed by atoms with Gasteiger partial charge < -0.3 is 14.9 Å². The van der Waals surface area contributed by atoms with Crippen LogP contribution < -0.4 is 0 Å². The molecule has 0 bridgehead atoms. The van der Waals surface area contributed by atoms with Crippen LogP contribution in [0.3, 0.4) is 0 Å². The smallest absolute Gasteiger partial charge is 0.310 e. The van der Waals surface area contributed by atoms with Gasteiger partial charge in [0.1, 0.15) is 4.90 Å². The van der Waals surface area contributed by atoms with Gasteiger partial charge in [0.15, 0.2) is 11.5 Å². The van der Waals surface area contributed by atoms with E-state index in [4.69, 9.17) is 9.66 Å². The molecular weight excluding hydrogens is 252 g/mol. The zero-order chi connectivity index (χ0) is 13.2. The number of phenolic OH excluding ortho intramolecular Hbond substituents is 2. The molecule has 3 N–H and O–H groups in total. The van der Waals surface area contributed by atoms with Gasteiger partial charge in [-0.2, -0.15) is 8.42 Å². The first-order valence-corrected chi connectivity index (χ1v) is 5.79. The van der Waals surface area contributed by atoms with Gasteiger partial charge in [-0.1, -0.05) is 0 Å². The Morgan fingerprint density at radius 1 is 1.29 bits per heavy atom. The van der Waals surface area contributed by atoms with Crippen molar-refractivity contribution in [2.45, 2.75) is 11.3 Å². The number of benzene rings is 1. The molecule has 0 unspecified atom stereocenters. The fraction of sp³-hybridized carbons (Fsp3) is 0.222.